The fourth-order valence-corrected chi connectivity index (χ4v) is 3.04. The summed E-state index contributed by atoms with van der Waals surface area (Å²) < 4.78 is 12.9. The second-order valence-corrected chi connectivity index (χ2v) is 6.45. The molecule has 1 saturated heterocycles. The van der Waals surface area contributed by atoms with Crippen LogP contribution >= 0.6 is 0 Å². The number of amides is 1. The first-order valence-electron chi connectivity index (χ1n) is 8.35. The zero-order valence-electron chi connectivity index (χ0n) is 13.8. The number of benzene rings is 1. The molecule has 1 atom stereocenters. The molecule has 5 heteroatoms. The molecule has 1 unspecified atom stereocenters. The van der Waals surface area contributed by atoms with Crippen molar-refractivity contribution in [3.05, 3.63) is 54.0 Å². The van der Waals surface area contributed by atoms with Gasteiger partial charge in [-0.2, -0.15) is 0 Å². The highest BCUT2D eigenvalue weighted by molar-refractivity contribution is 5.92. The molecule has 2 aromatic rings. The van der Waals surface area contributed by atoms with Crippen LogP contribution in [0.2, 0.25) is 0 Å². The van der Waals surface area contributed by atoms with Gasteiger partial charge in [-0.05, 0) is 48.6 Å². The number of nitrogens with zero attached hydrogens (tertiary/aromatic N) is 2. The Morgan fingerprint density at radius 2 is 2.08 bits per heavy atom. The van der Waals surface area contributed by atoms with Crippen molar-refractivity contribution in [2.24, 2.45) is 5.92 Å². The number of nitrogens with one attached hydrogen (secondary N) is 1. The van der Waals surface area contributed by atoms with Crippen LogP contribution in [0, 0.1) is 11.7 Å². The molecular formula is C19H22FN3O. The number of hydrogen-bond acceptors (Lipinski definition) is 3. The Balaban J connectivity index is 1.57. The number of piperidine rings is 1. The topological polar surface area (TPSA) is 45.2 Å². The van der Waals surface area contributed by atoms with Gasteiger partial charge < -0.3 is 10.2 Å². The summed E-state index contributed by atoms with van der Waals surface area (Å²) in [6, 6.07) is 9.79. The van der Waals surface area contributed by atoms with Crippen LogP contribution in [0.1, 0.15) is 25.3 Å². The number of halogens is 1. The number of carbonyl (C=O) groups excluding carboxylic acids is 1. The summed E-state index contributed by atoms with van der Waals surface area (Å²) in [4.78, 5) is 18.8. The minimum Gasteiger partial charge on any atom is -0.356 e. The van der Waals surface area contributed by atoms with E-state index in [0.717, 1.165) is 24.5 Å². The molecule has 2 heterocycles. The minimum absolute atomic E-state index is 0.136. The summed E-state index contributed by atoms with van der Waals surface area (Å²) in [5.41, 5.74) is 1.46. The molecule has 0 saturated carbocycles. The van der Waals surface area contributed by atoms with Gasteiger partial charge in [-0.25, -0.2) is 9.37 Å². The van der Waals surface area contributed by atoms with E-state index in [1.807, 2.05) is 12.1 Å². The van der Waals surface area contributed by atoms with Crippen molar-refractivity contribution in [1.29, 1.82) is 0 Å². The Labute approximate surface area is 141 Å². The van der Waals surface area contributed by atoms with Crippen molar-refractivity contribution in [2.45, 2.75) is 26.2 Å². The van der Waals surface area contributed by atoms with Gasteiger partial charge in [-0.1, -0.05) is 19.1 Å². The Bertz CT molecular complexity index is 685. The molecule has 1 fully saturated rings. The van der Waals surface area contributed by atoms with Crippen molar-refractivity contribution >= 4 is 17.4 Å². The van der Waals surface area contributed by atoms with Gasteiger partial charge in [0.2, 0.25) is 5.91 Å². The molecule has 3 rings (SSSR count). The number of rotatable bonds is 4. The minimum atomic E-state index is -0.300. The monoisotopic (exact) mass is 327 g/mol. The summed E-state index contributed by atoms with van der Waals surface area (Å²) >= 11 is 0. The molecule has 4 nitrogen and oxygen atoms in total. The first kappa shape index (κ1) is 16.4. The van der Waals surface area contributed by atoms with Crippen molar-refractivity contribution < 1.29 is 9.18 Å². The van der Waals surface area contributed by atoms with Gasteiger partial charge in [0, 0.05) is 13.1 Å². The Hall–Kier alpha value is -2.43. The summed E-state index contributed by atoms with van der Waals surface area (Å²) in [7, 11) is 0. The second kappa shape index (κ2) is 7.43. The van der Waals surface area contributed by atoms with Gasteiger partial charge in [-0.15, -0.1) is 0 Å². The highest BCUT2D eigenvalue weighted by atomic mass is 19.1. The van der Waals surface area contributed by atoms with Gasteiger partial charge in [0.25, 0.3) is 0 Å². The summed E-state index contributed by atoms with van der Waals surface area (Å²) in [5.74, 6) is 1.21. The maximum Gasteiger partial charge on any atom is 0.228 e. The van der Waals surface area contributed by atoms with Crippen LogP contribution in [0.5, 0.6) is 0 Å². The summed E-state index contributed by atoms with van der Waals surface area (Å²) in [6.45, 7) is 4.33. The largest absolute Gasteiger partial charge is 0.356 e. The predicted octanol–water partition coefficient (Wildman–Crippen LogP) is 3.64. The molecule has 0 bridgehead atoms. The van der Waals surface area contributed by atoms with E-state index in [2.05, 4.69) is 22.1 Å². The van der Waals surface area contributed by atoms with Gasteiger partial charge >= 0.3 is 0 Å². The van der Waals surface area contributed by atoms with Gasteiger partial charge in [0.05, 0.1) is 18.3 Å². The third kappa shape index (κ3) is 4.31. The van der Waals surface area contributed by atoms with Crippen molar-refractivity contribution in [3.8, 4) is 0 Å². The summed E-state index contributed by atoms with van der Waals surface area (Å²) in [6.07, 6.45) is 4.37. The molecule has 126 valence electrons. The summed E-state index contributed by atoms with van der Waals surface area (Å²) in [5, 5.41) is 2.83. The Morgan fingerprint density at radius 1 is 1.29 bits per heavy atom. The predicted molar refractivity (Wildman–Crippen MR) is 93.6 cm³/mol. The SMILES string of the molecule is CC1CCCN(c2ccc(NC(=O)Cc3ccc(F)cc3)cn2)C1. The van der Waals surface area contributed by atoms with Crippen molar-refractivity contribution in [3.63, 3.8) is 0 Å². The lowest BCUT2D eigenvalue weighted by molar-refractivity contribution is -0.115. The molecular weight excluding hydrogens is 305 g/mol. The Morgan fingerprint density at radius 3 is 2.75 bits per heavy atom. The van der Waals surface area contributed by atoms with E-state index in [9.17, 15) is 9.18 Å². The lowest BCUT2D eigenvalue weighted by Crippen LogP contribution is -2.34. The number of carbonyl (C=O) groups is 1. The number of aromatic nitrogens is 1. The van der Waals surface area contributed by atoms with E-state index in [0.29, 0.717) is 11.6 Å². The van der Waals surface area contributed by atoms with E-state index in [1.165, 1.54) is 25.0 Å². The number of hydrogen-bond donors (Lipinski definition) is 1. The maximum absolute atomic E-state index is 12.9. The third-order valence-corrected chi connectivity index (χ3v) is 4.29. The van der Waals surface area contributed by atoms with E-state index >= 15 is 0 Å². The van der Waals surface area contributed by atoms with Crippen molar-refractivity contribution in [1.82, 2.24) is 4.98 Å². The lowest BCUT2D eigenvalue weighted by atomic mass is 10.0. The van der Waals surface area contributed by atoms with Crippen LogP contribution in [-0.2, 0) is 11.2 Å². The molecule has 24 heavy (non-hydrogen) atoms. The van der Waals surface area contributed by atoms with Crippen molar-refractivity contribution in [2.75, 3.05) is 23.3 Å². The van der Waals surface area contributed by atoms with E-state index in [4.69, 9.17) is 0 Å². The average Bonchev–Trinajstić information content (AvgIpc) is 2.58. The first-order chi connectivity index (χ1) is 11.6. The highest BCUT2D eigenvalue weighted by Crippen LogP contribution is 2.22. The fraction of sp³-hybridized carbons (Fsp3) is 0.368. The van der Waals surface area contributed by atoms with E-state index < -0.39 is 0 Å². The standard InChI is InChI=1S/C19H22FN3O/c1-14-3-2-10-23(13-14)18-9-8-17(12-21-18)22-19(24)11-15-4-6-16(20)7-5-15/h4-9,12,14H,2-3,10-11,13H2,1H3,(H,22,24). The number of anilines is 2. The van der Waals surface area contributed by atoms with Gasteiger partial charge in [0.1, 0.15) is 11.6 Å². The van der Waals surface area contributed by atoms with Crippen LogP contribution in [0.4, 0.5) is 15.9 Å². The molecule has 1 N–H and O–H groups in total. The zero-order valence-corrected chi connectivity index (χ0v) is 13.8. The third-order valence-electron chi connectivity index (χ3n) is 4.29. The highest BCUT2D eigenvalue weighted by Gasteiger charge is 2.17. The lowest BCUT2D eigenvalue weighted by Gasteiger charge is -2.31. The first-order valence-corrected chi connectivity index (χ1v) is 8.35. The van der Waals surface area contributed by atoms with E-state index in [1.54, 1.807) is 18.3 Å². The van der Waals surface area contributed by atoms with E-state index in [-0.39, 0.29) is 18.1 Å². The molecule has 1 aromatic heterocycles. The zero-order chi connectivity index (χ0) is 16.9. The molecule has 1 aromatic carbocycles. The molecule has 0 spiro atoms. The molecule has 1 aliphatic heterocycles. The van der Waals surface area contributed by atoms with Crippen LogP contribution in [-0.4, -0.2) is 24.0 Å². The quantitative estimate of drug-likeness (QED) is 0.932. The Kier molecular flexibility index (Phi) is 5.08. The van der Waals surface area contributed by atoms with Gasteiger partial charge in [0.15, 0.2) is 0 Å². The smallest absolute Gasteiger partial charge is 0.228 e. The molecule has 1 aliphatic rings. The average molecular weight is 327 g/mol. The molecule has 1 amide bonds. The van der Waals surface area contributed by atoms with Gasteiger partial charge in [-0.3, -0.25) is 4.79 Å². The van der Waals surface area contributed by atoms with Crippen LogP contribution in [0.15, 0.2) is 42.6 Å². The van der Waals surface area contributed by atoms with Crippen LogP contribution in [0.25, 0.3) is 0 Å². The van der Waals surface area contributed by atoms with Crippen LogP contribution < -0.4 is 10.2 Å². The maximum atomic E-state index is 12.9. The normalized spacial score (nSPS) is 17.6. The fourth-order valence-electron chi connectivity index (χ4n) is 3.04. The number of pyridine rings is 1. The second-order valence-electron chi connectivity index (χ2n) is 6.45. The van der Waals surface area contributed by atoms with Crippen LogP contribution in [0.3, 0.4) is 0 Å². The molecule has 0 radical (unpaired) electrons. The molecule has 0 aliphatic carbocycles.